The van der Waals surface area contributed by atoms with E-state index in [-0.39, 0.29) is 13.2 Å². The molecule has 6 heteroatoms. The summed E-state index contributed by atoms with van der Waals surface area (Å²) in [6.07, 6.45) is -0.954. The molecule has 0 aromatic heterocycles. The van der Waals surface area contributed by atoms with Gasteiger partial charge in [-0.2, -0.15) is 0 Å². The number of aliphatic hydroxyl groups excluding tert-OH is 3. The highest BCUT2D eigenvalue weighted by atomic mass is 17.5. The van der Waals surface area contributed by atoms with E-state index in [1.807, 2.05) is 13.8 Å². The Hall–Kier alpha value is -0.240. The topological polar surface area (TPSA) is 88.4 Å². The van der Waals surface area contributed by atoms with Crippen molar-refractivity contribution in [3.05, 3.63) is 0 Å². The van der Waals surface area contributed by atoms with Crippen LogP contribution in [0.3, 0.4) is 0 Å². The number of hydrogen-bond acceptors (Lipinski definition) is 6. The first kappa shape index (κ1) is 15.2. The Balaban J connectivity index is 0. The largest absolute Gasteiger partial charge is 0.394 e. The van der Waals surface area contributed by atoms with Gasteiger partial charge < -0.3 is 15.3 Å². The zero-order valence-electron chi connectivity index (χ0n) is 7.97. The summed E-state index contributed by atoms with van der Waals surface area (Å²) in [5.74, 6) is 0. The normalized spacial score (nSPS) is 9.69. The van der Waals surface area contributed by atoms with E-state index in [9.17, 15) is 0 Å². The van der Waals surface area contributed by atoms with E-state index < -0.39 is 6.10 Å². The lowest BCUT2D eigenvalue weighted by Crippen LogP contribution is -2.15. The van der Waals surface area contributed by atoms with Gasteiger partial charge in [-0.05, 0) is 13.8 Å². The number of hydrogen-bond donors (Lipinski definition) is 3. The molecule has 0 aromatic rings. The molecule has 0 amide bonds. The Morgan fingerprint density at radius 2 is 1.38 bits per heavy atom. The smallest absolute Gasteiger partial charge is 0.100 e. The van der Waals surface area contributed by atoms with E-state index in [2.05, 4.69) is 14.8 Å². The van der Waals surface area contributed by atoms with Crippen LogP contribution in [0.4, 0.5) is 0 Å². The van der Waals surface area contributed by atoms with Crippen molar-refractivity contribution in [2.24, 2.45) is 0 Å². The molecule has 0 bridgehead atoms. The lowest BCUT2D eigenvalue weighted by molar-refractivity contribution is -0.509. The van der Waals surface area contributed by atoms with Crippen LogP contribution in [-0.4, -0.2) is 47.9 Å². The molecular weight excluding hydrogens is 180 g/mol. The first-order chi connectivity index (χ1) is 6.22. The zero-order valence-corrected chi connectivity index (χ0v) is 7.97. The molecule has 0 heterocycles. The predicted molar refractivity (Wildman–Crippen MR) is 44.5 cm³/mol. The maximum absolute atomic E-state index is 8.17. The van der Waals surface area contributed by atoms with E-state index in [1.54, 1.807) is 0 Å². The highest BCUT2D eigenvalue weighted by Gasteiger charge is 1.93. The van der Waals surface area contributed by atoms with Crippen LogP contribution in [0.25, 0.3) is 0 Å². The fourth-order valence-electron chi connectivity index (χ4n) is 0.188. The van der Waals surface area contributed by atoms with Crippen molar-refractivity contribution in [2.45, 2.75) is 20.0 Å². The van der Waals surface area contributed by atoms with Crippen molar-refractivity contribution in [1.29, 1.82) is 0 Å². The van der Waals surface area contributed by atoms with Gasteiger partial charge in [0.15, 0.2) is 0 Å². The van der Waals surface area contributed by atoms with Crippen molar-refractivity contribution in [2.75, 3.05) is 26.4 Å². The zero-order chi connectivity index (χ0) is 10.5. The van der Waals surface area contributed by atoms with Gasteiger partial charge in [0.2, 0.25) is 0 Å². The fourth-order valence-corrected chi connectivity index (χ4v) is 0.188. The molecule has 0 atom stereocenters. The Labute approximate surface area is 77.5 Å². The van der Waals surface area contributed by atoms with Gasteiger partial charge in [0, 0.05) is 0 Å². The van der Waals surface area contributed by atoms with Gasteiger partial charge in [-0.1, -0.05) is 5.04 Å². The maximum Gasteiger partial charge on any atom is 0.100 e. The van der Waals surface area contributed by atoms with E-state index in [1.165, 1.54) is 0 Å². The van der Waals surface area contributed by atoms with E-state index in [0.717, 1.165) is 0 Å². The van der Waals surface area contributed by atoms with E-state index in [4.69, 9.17) is 15.3 Å². The van der Waals surface area contributed by atoms with Gasteiger partial charge in [0.05, 0.1) is 26.4 Å². The molecule has 0 aromatic carbocycles. The molecule has 0 saturated heterocycles. The van der Waals surface area contributed by atoms with Gasteiger partial charge in [0.1, 0.15) is 6.10 Å². The molecule has 0 unspecified atom stereocenters. The third-order valence-corrected chi connectivity index (χ3v) is 0.753. The minimum Gasteiger partial charge on any atom is -0.394 e. The highest BCUT2D eigenvalue weighted by molar-refractivity contribution is 4.43. The summed E-state index contributed by atoms with van der Waals surface area (Å²) in [7, 11) is 0. The minimum absolute atomic E-state index is 0.365. The average Bonchev–Trinajstić information content (AvgIpc) is 2.18. The van der Waals surface area contributed by atoms with Gasteiger partial charge in [-0.15, -0.1) is 0 Å². The van der Waals surface area contributed by atoms with Crippen LogP contribution in [0.1, 0.15) is 13.8 Å². The molecule has 6 nitrogen and oxygen atoms in total. The first-order valence-corrected chi connectivity index (χ1v) is 4.03. The van der Waals surface area contributed by atoms with Crippen LogP contribution in [0, 0.1) is 0 Å². The second-order valence-electron chi connectivity index (χ2n) is 1.90. The molecule has 0 spiro atoms. The third-order valence-electron chi connectivity index (χ3n) is 0.753. The van der Waals surface area contributed by atoms with Crippen molar-refractivity contribution in [3.63, 3.8) is 0 Å². The van der Waals surface area contributed by atoms with Gasteiger partial charge >= 0.3 is 0 Å². The van der Waals surface area contributed by atoms with Crippen LogP contribution in [-0.2, 0) is 14.8 Å². The minimum atomic E-state index is -0.954. The molecule has 3 N–H and O–H groups in total. The van der Waals surface area contributed by atoms with Crippen LogP contribution in [0.5, 0.6) is 0 Å². The number of rotatable bonds is 6. The van der Waals surface area contributed by atoms with Crippen molar-refractivity contribution < 1.29 is 30.1 Å². The molecule has 0 aliphatic rings. The molecule has 0 saturated carbocycles. The molecule has 82 valence electrons. The lowest BCUT2D eigenvalue weighted by atomic mass is 10.4. The predicted octanol–water partition coefficient (Wildman–Crippen LogP) is -0.762. The molecule has 0 aliphatic carbocycles. The molecule has 0 rings (SSSR count). The van der Waals surface area contributed by atoms with Crippen LogP contribution < -0.4 is 0 Å². The quantitative estimate of drug-likeness (QED) is 0.295. The Kier molecular flexibility index (Phi) is 16.8. The van der Waals surface area contributed by atoms with Crippen LogP contribution in [0.2, 0.25) is 0 Å². The molecule has 0 aliphatic heterocycles. The Morgan fingerprint density at radius 3 is 1.54 bits per heavy atom. The van der Waals surface area contributed by atoms with Crippen LogP contribution >= 0.6 is 0 Å². The SMILES string of the molecule is CCOOOCC.OCC(O)CO. The monoisotopic (exact) mass is 198 g/mol. The van der Waals surface area contributed by atoms with Crippen molar-refractivity contribution in [3.8, 4) is 0 Å². The van der Waals surface area contributed by atoms with Gasteiger partial charge in [0.25, 0.3) is 0 Å². The summed E-state index contributed by atoms with van der Waals surface area (Å²) in [5, 5.41) is 28.1. The summed E-state index contributed by atoms with van der Waals surface area (Å²) in [4.78, 5) is 8.70. The first-order valence-electron chi connectivity index (χ1n) is 4.03. The van der Waals surface area contributed by atoms with Crippen molar-refractivity contribution >= 4 is 0 Å². The Bertz CT molecular complexity index is 71.4. The Morgan fingerprint density at radius 1 is 1.00 bits per heavy atom. The molecule has 13 heavy (non-hydrogen) atoms. The van der Waals surface area contributed by atoms with E-state index >= 15 is 0 Å². The third kappa shape index (κ3) is 18.6. The lowest BCUT2D eigenvalue weighted by Gasteiger charge is -1.96. The summed E-state index contributed by atoms with van der Waals surface area (Å²) < 4.78 is 0. The van der Waals surface area contributed by atoms with E-state index in [0.29, 0.717) is 13.2 Å². The molecule has 0 fully saturated rings. The second-order valence-corrected chi connectivity index (χ2v) is 1.90. The standard InChI is InChI=1S/C4H10O3.C3H8O3/c1-3-5-7-6-4-2;4-1-3(6)2-5/h3-4H2,1-2H3;3-6H,1-2H2. The van der Waals surface area contributed by atoms with Gasteiger partial charge in [-0.25, -0.2) is 9.78 Å². The summed E-state index contributed by atoms with van der Waals surface area (Å²) in [6.45, 7) is 3.94. The number of aliphatic hydroxyl groups is 3. The van der Waals surface area contributed by atoms with Gasteiger partial charge in [-0.3, -0.25) is 0 Å². The summed E-state index contributed by atoms with van der Waals surface area (Å²) >= 11 is 0. The van der Waals surface area contributed by atoms with Crippen molar-refractivity contribution in [1.82, 2.24) is 0 Å². The summed E-state index contributed by atoms with van der Waals surface area (Å²) in [5.41, 5.74) is 0. The molecular formula is C7H18O6. The maximum atomic E-state index is 8.17. The van der Waals surface area contributed by atoms with Crippen LogP contribution in [0.15, 0.2) is 0 Å². The second kappa shape index (κ2) is 14.3. The summed E-state index contributed by atoms with van der Waals surface area (Å²) in [6, 6.07) is 0. The fraction of sp³-hybridized carbons (Fsp3) is 1.00. The average molecular weight is 198 g/mol. The highest BCUT2D eigenvalue weighted by Crippen LogP contribution is 1.77. The molecule has 0 radical (unpaired) electrons.